The van der Waals surface area contributed by atoms with E-state index in [9.17, 15) is 4.79 Å². The fourth-order valence-corrected chi connectivity index (χ4v) is 0.954. The average Bonchev–Trinajstić information content (AvgIpc) is 2.67. The van der Waals surface area contributed by atoms with Crippen LogP contribution in [0.4, 0.5) is 0 Å². The maximum absolute atomic E-state index is 11.2. The van der Waals surface area contributed by atoms with Crippen molar-refractivity contribution in [3.05, 3.63) is 24.3 Å². The highest BCUT2D eigenvalue weighted by atomic mass is 16.5. The van der Waals surface area contributed by atoms with Crippen molar-refractivity contribution in [3.8, 4) is 0 Å². The van der Waals surface area contributed by atoms with Gasteiger partial charge in [0.1, 0.15) is 5.82 Å². The molecule has 0 spiro atoms. The number of carbonyl (C=O) groups is 1. The van der Waals surface area contributed by atoms with Gasteiger partial charge in [-0.1, -0.05) is 6.08 Å². The second-order valence-corrected chi connectivity index (χ2v) is 2.75. The highest BCUT2D eigenvalue weighted by Crippen LogP contribution is 1.95. The molecule has 0 bridgehead atoms. The van der Waals surface area contributed by atoms with Gasteiger partial charge in [0.05, 0.1) is 13.2 Å². The second-order valence-electron chi connectivity index (χ2n) is 2.75. The Bertz CT molecular complexity index is 335. The summed E-state index contributed by atoms with van der Waals surface area (Å²) in [6.45, 7) is 6.81. The van der Waals surface area contributed by atoms with Gasteiger partial charge in [-0.15, -0.1) is 11.7 Å². The summed E-state index contributed by atoms with van der Waals surface area (Å²) < 4.78 is 4.75. The van der Waals surface area contributed by atoms with Gasteiger partial charge in [0.15, 0.2) is 0 Å². The van der Waals surface area contributed by atoms with Crippen molar-refractivity contribution in [3.63, 3.8) is 0 Å². The molecule has 0 aliphatic carbocycles. The summed E-state index contributed by atoms with van der Waals surface area (Å²) >= 11 is 0. The zero-order valence-corrected chi connectivity index (χ0v) is 8.62. The molecule has 1 heterocycles. The summed E-state index contributed by atoms with van der Waals surface area (Å²) in [5, 5.41) is 9.41. The normalized spacial score (nSPS) is 9.93. The van der Waals surface area contributed by atoms with Crippen LogP contribution < -0.4 is 5.32 Å². The van der Waals surface area contributed by atoms with Crippen molar-refractivity contribution in [2.75, 3.05) is 13.2 Å². The Kier molecular flexibility index (Phi) is 4.49. The van der Waals surface area contributed by atoms with Crippen molar-refractivity contribution in [2.24, 2.45) is 0 Å². The third-order valence-electron chi connectivity index (χ3n) is 1.57. The molecule has 6 nitrogen and oxygen atoms in total. The van der Waals surface area contributed by atoms with Crippen molar-refractivity contribution in [1.29, 1.82) is 0 Å². The number of ether oxygens (including phenoxy) is 1. The molecule has 1 rings (SSSR count). The number of nitrogens with zero attached hydrogens (tertiary/aromatic N) is 2. The maximum Gasteiger partial charge on any atom is 0.378 e. The summed E-state index contributed by atoms with van der Waals surface area (Å²) in [4.78, 5) is 15.1. The Morgan fingerprint density at radius 1 is 1.73 bits per heavy atom. The topological polar surface area (TPSA) is 79.9 Å². The molecular formula is C9H14N4O2. The number of esters is 1. The Hall–Kier alpha value is -1.69. The smallest absolute Gasteiger partial charge is 0.378 e. The second kappa shape index (κ2) is 5.92. The van der Waals surface area contributed by atoms with Gasteiger partial charge in [-0.25, -0.2) is 9.78 Å². The largest absolute Gasteiger partial charge is 0.460 e. The minimum absolute atomic E-state index is 0.0623. The van der Waals surface area contributed by atoms with Gasteiger partial charge in [0.2, 0.25) is 0 Å². The summed E-state index contributed by atoms with van der Waals surface area (Å²) in [5.74, 6) is 0.149. The molecule has 0 radical (unpaired) electrons. The maximum atomic E-state index is 11.2. The van der Waals surface area contributed by atoms with E-state index in [-0.39, 0.29) is 5.82 Å². The van der Waals surface area contributed by atoms with E-state index in [1.54, 1.807) is 13.0 Å². The lowest BCUT2D eigenvalue weighted by Crippen LogP contribution is -2.14. The number of hydrogen-bond donors (Lipinski definition) is 2. The molecule has 0 aliphatic heterocycles. The Labute approximate surface area is 87.7 Å². The molecule has 0 atom stereocenters. The lowest BCUT2D eigenvalue weighted by Gasteiger charge is -1.96. The first kappa shape index (κ1) is 11.4. The first-order chi connectivity index (χ1) is 7.27. The number of nitrogens with one attached hydrogen (secondary N) is 2. The van der Waals surface area contributed by atoms with Crippen LogP contribution in [0.5, 0.6) is 0 Å². The predicted molar refractivity (Wildman–Crippen MR) is 54.2 cm³/mol. The molecule has 0 unspecified atom stereocenters. The zero-order valence-electron chi connectivity index (χ0n) is 8.62. The van der Waals surface area contributed by atoms with Crippen LogP contribution in [0.25, 0.3) is 0 Å². The van der Waals surface area contributed by atoms with E-state index in [0.29, 0.717) is 25.5 Å². The van der Waals surface area contributed by atoms with Gasteiger partial charge in [-0.05, 0) is 6.92 Å². The molecule has 0 fully saturated rings. The standard InChI is InChI=1S/C9H14N4O2/c1-3-5-10-6-7-11-8(13-12-7)9(14)15-4-2/h3,10H,1,4-6H2,2H3,(H,11,12,13). The summed E-state index contributed by atoms with van der Waals surface area (Å²) in [6, 6.07) is 0. The van der Waals surface area contributed by atoms with Crippen molar-refractivity contribution < 1.29 is 9.53 Å². The molecule has 1 aromatic heterocycles. The fraction of sp³-hybridized carbons (Fsp3) is 0.444. The summed E-state index contributed by atoms with van der Waals surface area (Å²) in [5.41, 5.74) is 0. The van der Waals surface area contributed by atoms with E-state index in [1.165, 1.54) is 0 Å². The number of H-pyrrole nitrogens is 1. The lowest BCUT2D eigenvalue weighted by molar-refractivity contribution is 0.0512. The number of aromatic nitrogens is 3. The van der Waals surface area contributed by atoms with Crippen LogP contribution in [0.3, 0.4) is 0 Å². The van der Waals surface area contributed by atoms with E-state index in [1.807, 2.05) is 0 Å². The zero-order chi connectivity index (χ0) is 11.1. The molecule has 0 saturated heterocycles. The van der Waals surface area contributed by atoms with Gasteiger partial charge in [0.25, 0.3) is 5.82 Å². The molecule has 0 amide bonds. The number of hydrogen-bond acceptors (Lipinski definition) is 5. The molecule has 1 aromatic rings. The Balaban J connectivity index is 2.48. The van der Waals surface area contributed by atoms with E-state index in [4.69, 9.17) is 4.74 Å². The highest BCUT2D eigenvalue weighted by molar-refractivity contribution is 5.84. The number of rotatable bonds is 6. The minimum atomic E-state index is -0.510. The van der Waals surface area contributed by atoms with E-state index >= 15 is 0 Å². The molecule has 2 N–H and O–H groups in total. The first-order valence-electron chi connectivity index (χ1n) is 4.68. The van der Waals surface area contributed by atoms with Gasteiger partial charge in [-0.2, -0.15) is 0 Å². The van der Waals surface area contributed by atoms with Crippen molar-refractivity contribution >= 4 is 5.97 Å². The molecule has 0 saturated carbocycles. The quantitative estimate of drug-likeness (QED) is 0.400. The van der Waals surface area contributed by atoms with Crippen molar-refractivity contribution in [2.45, 2.75) is 13.5 Å². The van der Waals surface area contributed by atoms with E-state index < -0.39 is 5.97 Å². The molecule has 0 aromatic carbocycles. The van der Waals surface area contributed by atoms with Crippen LogP contribution in [0.15, 0.2) is 12.7 Å². The number of aromatic amines is 1. The molecule has 6 heteroatoms. The number of carbonyl (C=O) groups excluding carboxylic acids is 1. The Morgan fingerprint density at radius 2 is 2.53 bits per heavy atom. The van der Waals surface area contributed by atoms with Crippen LogP contribution in [-0.2, 0) is 11.3 Å². The molecule has 0 aliphatic rings. The SMILES string of the molecule is C=CCNCc1nc(C(=O)OCC)n[nH]1. The Morgan fingerprint density at radius 3 is 3.20 bits per heavy atom. The van der Waals surface area contributed by atoms with Gasteiger partial charge in [0, 0.05) is 6.54 Å². The summed E-state index contributed by atoms with van der Waals surface area (Å²) in [6.07, 6.45) is 1.74. The van der Waals surface area contributed by atoms with Crippen LogP contribution in [0.1, 0.15) is 23.4 Å². The van der Waals surface area contributed by atoms with E-state index in [2.05, 4.69) is 27.1 Å². The molecular weight excluding hydrogens is 196 g/mol. The van der Waals surface area contributed by atoms with E-state index in [0.717, 1.165) is 0 Å². The van der Waals surface area contributed by atoms with Gasteiger partial charge < -0.3 is 10.1 Å². The molecule has 15 heavy (non-hydrogen) atoms. The van der Waals surface area contributed by atoms with Gasteiger partial charge >= 0.3 is 5.97 Å². The lowest BCUT2D eigenvalue weighted by atomic mass is 10.5. The summed E-state index contributed by atoms with van der Waals surface area (Å²) in [7, 11) is 0. The highest BCUT2D eigenvalue weighted by Gasteiger charge is 2.12. The van der Waals surface area contributed by atoms with Crippen molar-refractivity contribution in [1.82, 2.24) is 20.5 Å². The van der Waals surface area contributed by atoms with Crippen LogP contribution in [0, 0.1) is 0 Å². The van der Waals surface area contributed by atoms with Crippen LogP contribution in [-0.4, -0.2) is 34.3 Å². The molecule has 82 valence electrons. The predicted octanol–water partition coefficient (Wildman–Crippen LogP) is 0.257. The third-order valence-corrected chi connectivity index (χ3v) is 1.57. The van der Waals surface area contributed by atoms with Crippen LogP contribution >= 0.6 is 0 Å². The average molecular weight is 210 g/mol. The van der Waals surface area contributed by atoms with Crippen LogP contribution in [0.2, 0.25) is 0 Å². The minimum Gasteiger partial charge on any atom is -0.460 e. The fourth-order valence-electron chi connectivity index (χ4n) is 0.954. The monoisotopic (exact) mass is 210 g/mol. The first-order valence-corrected chi connectivity index (χ1v) is 4.68. The third kappa shape index (κ3) is 3.51. The van der Waals surface area contributed by atoms with Gasteiger partial charge in [-0.3, -0.25) is 5.10 Å².